The monoisotopic (exact) mass is 291 g/mol. The van der Waals surface area contributed by atoms with Crippen LogP contribution in [-0.2, 0) is 16.0 Å². The van der Waals surface area contributed by atoms with Crippen molar-refractivity contribution >= 4 is 17.6 Å². The number of carboxylic acid groups (broad SMARTS) is 1. The van der Waals surface area contributed by atoms with E-state index in [1.54, 1.807) is 6.92 Å². The molecule has 0 fully saturated rings. The molecular weight excluding hydrogens is 266 g/mol. The van der Waals surface area contributed by atoms with E-state index in [0.717, 1.165) is 11.3 Å². The van der Waals surface area contributed by atoms with Gasteiger partial charge in [-0.05, 0) is 29.5 Å². The minimum Gasteiger partial charge on any atom is -0.481 e. The van der Waals surface area contributed by atoms with Crippen molar-refractivity contribution in [1.29, 1.82) is 0 Å². The maximum Gasteiger partial charge on any atom is 0.306 e. The van der Waals surface area contributed by atoms with Gasteiger partial charge in [-0.3, -0.25) is 9.59 Å². The Morgan fingerprint density at radius 2 is 1.67 bits per heavy atom. The lowest BCUT2D eigenvalue weighted by Gasteiger charge is -2.26. The van der Waals surface area contributed by atoms with E-state index in [1.165, 1.54) is 0 Å². The van der Waals surface area contributed by atoms with E-state index in [0.29, 0.717) is 6.42 Å². The highest BCUT2D eigenvalue weighted by Gasteiger charge is 2.26. The zero-order chi connectivity index (χ0) is 16.2. The molecule has 116 valence electrons. The molecule has 0 heterocycles. The van der Waals surface area contributed by atoms with Gasteiger partial charge in [0.2, 0.25) is 5.91 Å². The fourth-order valence-corrected chi connectivity index (χ4v) is 1.81. The van der Waals surface area contributed by atoms with Gasteiger partial charge in [0.25, 0.3) is 0 Å². The summed E-state index contributed by atoms with van der Waals surface area (Å²) in [5.41, 5.74) is 1.61. The summed E-state index contributed by atoms with van der Waals surface area (Å²) in [5.74, 6) is -1.31. The van der Waals surface area contributed by atoms with Gasteiger partial charge < -0.3 is 10.4 Å². The van der Waals surface area contributed by atoms with Gasteiger partial charge in [0.05, 0.1) is 5.92 Å². The fourth-order valence-electron chi connectivity index (χ4n) is 1.81. The van der Waals surface area contributed by atoms with Crippen molar-refractivity contribution in [2.75, 3.05) is 5.32 Å². The van der Waals surface area contributed by atoms with Gasteiger partial charge in [-0.2, -0.15) is 0 Å². The lowest BCUT2D eigenvalue weighted by molar-refractivity contribution is -0.141. The molecule has 0 saturated heterocycles. The molecule has 21 heavy (non-hydrogen) atoms. The maximum atomic E-state index is 12.1. The van der Waals surface area contributed by atoms with Gasteiger partial charge in [0, 0.05) is 11.6 Å². The van der Waals surface area contributed by atoms with Crippen LogP contribution in [0.25, 0.3) is 0 Å². The first-order valence-corrected chi connectivity index (χ1v) is 7.24. The third-order valence-electron chi connectivity index (χ3n) is 3.88. The number of benzene rings is 1. The van der Waals surface area contributed by atoms with Crippen molar-refractivity contribution in [1.82, 2.24) is 0 Å². The number of hydrogen-bond donors (Lipinski definition) is 2. The number of anilines is 1. The van der Waals surface area contributed by atoms with Gasteiger partial charge in [-0.1, -0.05) is 46.8 Å². The van der Waals surface area contributed by atoms with Crippen molar-refractivity contribution < 1.29 is 14.7 Å². The van der Waals surface area contributed by atoms with E-state index in [1.807, 2.05) is 52.0 Å². The van der Waals surface area contributed by atoms with E-state index < -0.39 is 11.9 Å². The molecule has 0 aliphatic rings. The van der Waals surface area contributed by atoms with Crippen LogP contribution in [0.1, 0.15) is 40.2 Å². The molecule has 0 bridgehead atoms. The molecule has 2 N–H and O–H groups in total. The van der Waals surface area contributed by atoms with Crippen LogP contribution in [0.4, 0.5) is 5.69 Å². The average Bonchev–Trinajstić information content (AvgIpc) is 2.38. The third-order valence-corrected chi connectivity index (χ3v) is 3.88. The van der Waals surface area contributed by atoms with Gasteiger partial charge in [-0.25, -0.2) is 0 Å². The minimum absolute atomic E-state index is 0.00541. The van der Waals surface area contributed by atoms with Crippen LogP contribution in [0.15, 0.2) is 24.3 Å². The van der Waals surface area contributed by atoms with Crippen LogP contribution in [0.3, 0.4) is 0 Å². The summed E-state index contributed by atoms with van der Waals surface area (Å²) in [6.45, 7) is 9.70. The summed E-state index contributed by atoms with van der Waals surface area (Å²) >= 11 is 0. The van der Waals surface area contributed by atoms with Crippen LogP contribution >= 0.6 is 0 Å². The number of carboxylic acids is 1. The number of carbonyl (C=O) groups excluding carboxylic acids is 1. The number of aliphatic carboxylic acids is 1. The summed E-state index contributed by atoms with van der Waals surface area (Å²) in [4.78, 5) is 23.0. The normalized spacial score (nSPS) is 14.3. The van der Waals surface area contributed by atoms with Crippen LogP contribution in [-0.4, -0.2) is 17.0 Å². The predicted octanol–water partition coefficient (Wildman–Crippen LogP) is 3.57. The predicted molar refractivity (Wildman–Crippen MR) is 84.2 cm³/mol. The molecule has 4 nitrogen and oxygen atoms in total. The quantitative estimate of drug-likeness (QED) is 0.871. The molecule has 0 aliphatic heterocycles. The second kappa shape index (κ2) is 6.74. The van der Waals surface area contributed by atoms with E-state index in [4.69, 9.17) is 5.11 Å². The molecule has 1 rings (SSSR count). The summed E-state index contributed by atoms with van der Waals surface area (Å²) in [5, 5.41) is 11.8. The Balaban J connectivity index is 2.67. The molecule has 1 amide bonds. The molecule has 2 atom stereocenters. The Morgan fingerprint density at radius 3 is 2.10 bits per heavy atom. The SMILES string of the molecule is CC(Cc1ccc(NC(=O)C(C)C(C)(C)C)cc1)C(=O)O. The first-order chi connectivity index (χ1) is 9.61. The first kappa shape index (κ1) is 17.2. The molecular formula is C17H25NO3. The van der Waals surface area contributed by atoms with Crippen molar-refractivity contribution in [3.63, 3.8) is 0 Å². The second-order valence-electron chi connectivity index (χ2n) is 6.72. The Bertz CT molecular complexity index is 500. The van der Waals surface area contributed by atoms with Gasteiger partial charge >= 0.3 is 5.97 Å². The third kappa shape index (κ3) is 5.21. The molecule has 0 aromatic heterocycles. The highest BCUT2D eigenvalue weighted by molar-refractivity contribution is 5.92. The van der Waals surface area contributed by atoms with Crippen molar-refractivity contribution in [2.45, 2.75) is 41.0 Å². The van der Waals surface area contributed by atoms with E-state index in [-0.39, 0.29) is 17.2 Å². The Kier molecular flexibility index (Phi) is 5.53. The first-order valence-electron chi connectivity index (χ1n) is 7.24. The standard InChI is InChI=1S/C17H25NO3/c1-11(16(20)21)10-13-6-8-14(9-7-13)18-15(19)12(2)17(3,4)5/h6-9,11-12H,10H2,1-5H3,(H,18,19)(H,20,21). The lowest BCUT2D eigenvalue weighted by Crippen LogP contribution is -2.30. The maximum absolute atomic E-state index is 12.1. The van der Waals surface area contributed by atoms with Gasteiger partial charge in [0.1, 0.15) is 0 Å². The van der Waals surface area contributed by atoms with E-state index in [2.05, 4.69) is 5.32 Å². The minimum atomic E-state index is -0.800. The number of carbonyl (C=O) groups is 2. The van der Waals surface area contributed by atoms with Crippen molar-refractivity contribution in [2.24, 2.45) is 17.3 Å². The zero-order valence-electron chi connectivity index (χ0n) is 13.4. The van der Waals surface area contributed by atoms with E-state index in [9.17, 15) is 9.59 Å². The summed E-state index contributed by atoms with van der Waals surface area (Å²) < 4.78 is 0. The second-order valence-corrected chi connectivity index (χ2v) is 6.72. The van der Waals surface area contributed by atoms with Crippen LogP contribution in [0.2, 0.25) is 0 Å². The largest absolute Gasteiger partial charge is 0.481 e. The molecule has 0 radical (unpaired) electrons. The van der Waals surface area contributed by atoms with Gasteiger partial charge in [0.15, 0.2) is 0 Å². The average molecular weight is 291 g/mol. The number of nitrogens with one attached hydrogen (secondary N) is 1. The smallest absolute Gasteiger partial charge is 0.306 e. The highest BCUT2D eigenvalue weighted by Crippen LogP contribution is 2.26. The Morgan fingerprint density at radius 1 is 1.14 bits per heavy atom. The molecule has 1 aromatic carbocycles. The van der Waals surface area contributed by atoms with Crippen LogP contribution in [0, 0.1) is 17.3 Å². The summed E-state index contributed by atoms with van der Waals surface area (Å²) in [7, 11) is 0. The molecule has 0 spiro atoms. The Hall–Kier alpha value is -1.84. The number of hydrogen-bond acceptors (Lipinski definition) is 2. The Labute approximate surface area is 126 Å². The molecule has 2 unspecified atom stereocenters. The fraction of sp³-hybridized carbons (Fsp3) is 0.529. The molecule has 0 saturated carbocycles. The lowest BCUT2D eigenvalue weighted by atomic mass is 9.81. The number of amides is 1. The molecule has 1 aromatic rings. The van der Waals surface area contributed by atoms with Crippen molar-refractivity contribution in [3.05, 3.63) is 29.8 Å². The topological polar surface area (TPSA) is 66.4 Å². The summed E-state index contributed by atoms with van der Waals surface area (Å²) in [6, 6.07) is 7.35. The number of rotatable bonds is 5. The highest BCUT2D eigenvalue weighted by atomic mass is 16.4. The van der Waals surface area contributed by atoms with Crippen molar-refractivity contribution in [3.8, 4) is 0 Å². The summed E-state index contributed by atoms with van der Waals surface area (Å²) in [6.07, 6.45) is 0.488. The van der Waals surface area contributed by atoms with E-state index >= 15 is 0 Å². The zero-order valence-corrected chi connectivity index (χ0v) is 13.4. The molecule has 4 heteroatoms. The van der Waals surface area contributed by atoms with Crippen LogP contribution < -0.4 is 5.32 Å². The van der Waals surface area contributed by atoms with Crippen LogP contribution in [0.5, 0.6) is 0 Å². The van der Waals surface area contributed by atoms with Gasteiger partial charge in [-0.15, -0.1) is 0 Å². The molecule has 0 aliphatic carbocycles.